The molecule has 1 aliphatic rings. The van der Waals surface area contributed by atoms with Crippen molar-refractivity contribution >= 4 is 40.7 Å². The zero-order valence-corrected chi connectivity index (χ0v) is 19.3. The molecule has 0 amide bonds. The van der Waals surface area contributed by atoms with Crippen molar-refractivity contribution in [2.24, 2.45) is 0 Å². The summed E-state index contributed by atoms with van der Waals surface area (Å²) in [6.45, 7) is 0. The number of ketones is 2. The number of halogens is 3. The quantitative estimate of drug-likeness (QED) is 0.268. The standard InChI is InChI=1S/C21H13F3N2O4S.Na/c22-21(23,24)30-11-5-3-4-10(8-11)26-14-9-15(31-29)18(25)17-16(14)19(27)12-6-1-2-7-13(12)20(17)28;/h1-9,26,29H,25H2;/q;+1/p-1. The number of nitrogen functional groups attached to an aromatic ring is 1. The predicted molar refractivity (Wildman–Crippen MR) is 107 cm³/mol. The minimum Gasteiger partial charge on any atom is -0.795 e. The first kappa shape index (κ1) is 24.1. The third kappa shape index (κ3) is 4.50. The fourth-order valence-electron chi connectivity index (χ4n) is 3.39. The van der Waals surface area contributed by atoms with Gasteiger partial charge in [-0.25, -0.2) is 12.0 Å². The van der Waals surface area contributed by atoms with Crippen molar-refractivity contribution in [2.45, 2.75) is 11.3 Å². The first-order valence-electron chi connectivity index (χ1n) is 8.77. The van der Waals surface area contributed by atoms with Crippen molar-refractivity contribution in [1.82, 2.24) is 0 Å². The van der Waals surface area contributed by atoms with E-state index in [1.54, 1.807) is 12.1 Å². The van der Waals surface area contributed by atoms with E-state index in [0.717, 1.165) is 12.1 Å². The van der Waals surface area contributed by atoms with Gasteiger partial charge in [0.05, 0.1) is 22.5 Å². The zero-order valence-electron chi connectivity index (χ0n) is 16.4. The molecule has 0 unspecified atom stereocenters. The van der Waals surface area contributed by atoms with E-state index in [1.807, 2.05) is 0 Å². The molecule has 158 valence electrons. The van der Waals surface area contributed by atoms with Gasteiger partial charge in [-0.2, -0.15) is 0 Å². The summed E-state index contributed by atoms with van der Waals surface area (Å²) in [7, 11) is 0. The van der Waals surface area contributed by atoms with E-state index < -0.39 is 23.7 Å². The maximum atomic E-state index is 13.2. The summed E-state index contributed by atoms with van der Waals surface area (Å²) in [5.41, 5.74) is 6.26. The maximum absolute atomic E-state index is 13.2. The maximum Gasteiger partial charge on any atom is 1.00 e. The molecule has 0 bridgehead atoms. The van der Waals surface area contributed by atoms with Crippen LogP contribution in [0.3, 0.4) is 0 Å². The first-order chi connectivity index (χ1) is 14.7. The van der Waals surface area contributed by atoms with Crippen molar-refractivity contribution in [3.8, 4) is 5.75 Å². The van der Waals surface area contributed by atoms with Crippen LogP contribution in [0.1, 0.15) is 31.8 Å². The Hall–Kier alpha value is -2.50. The smallest absolute Gasteiger partial charge is 0.795 e. The molecular weight excluding hydrogens is 456 g/mol. The molecule has 0 spiro atoms. The summed E-state index contributed by atoms with van der Waals surface area (Å²) in [6, 6.07) is 12.4. The van der Waals surface area contributed by atoms with Crippen LogP contribution < -0.4 is 45.3 Å². The summed E-state index contributed by atoms with van der Waals surface area (Å²) in [5.74, 6) is -1.49. The van der Waals surface area contributed by atoms with Gasteiger partial charge in [-0.3, -0.25) is 9.59 Å². The van der Waals surface area contributed by atoms with Crippen molar-refractivity contribution < 1.29 is 61.6 Å². The van der Waals surface area contributed by atoms with E-state index in [2.05, 4.69) is 10.1 Å². The summed E-state index contributed by atoms with van der Waals surface area (Å²) in [4.78, 5) is 26.2. The van der Waals surface area contributed by atoms with Gasteiger partial charge in [0.2, 0.25) is 0 Å². The Kier molecular flexibility index (Phi) is 6.91. The fraction of sp³-hybridized carbons (Fsp3) is 0.0476. The molecule has 4 rings (SSSR count). The second-order valence-electron chi connectivity index (χ2n) is 6.57. The van der Waals surface area contributed by atoms with Crippen LogP contribution in [-0.4, -0.2) is 22.5 Å². The molecule has 0 aromatic heterocycles. The zero-order chi connectivity index (χ0) is 22.3. The van der Waals surface area contributed by atoms with Gasteiger partial charge in [-0.15, -0.1) is 13.2 Å². The number of ether oxygens (including phenoxy) is 1. The molecule has 0 heterocycles. The Bertz CT molecular complexity index is 1230. The molecule has 32 heavy (non-hydrogen) atoms. The monoisotopic (exact) mass is 468 g/mol. The number of carbonyl (C=O) groups is 2. The molecule has 3 aromatic rings. The molecule has 0 radical (unpaired) electrons. The number of hydrogen-bond acceptors (Lipinski definition) is 7. The molecule has 11 heteroatoms. The van der Waals surface area contributed by atoms with Gasteiger partial charge in [0.15, 0.2) is 11.6 Å². The third-order valence-electron chi connectivity index (χ3n) is 4.64. The van der Waals surface area contributed by atoms with Gasteiger partial charge in [-0.05, 0) is 18.2 Å². The Morgan fingerprint density at radius 3 is 2.16 bits per heavy atom. The first-order valence-corrected chi connectivity index (χ1v) is 9.51. The summed E-state index contributed by atoms with van der Waals surface area (Å²) >= 11 is 0.0366. The Morgan fingerprint density at radius 2 is 1.56 bits per heavy atom. The van der Waals surface area contributed by atoms with E-state index in [9.17, 15) is 27.3 Å². The molecule has 0 aliphatic heterocycles. The van der Waals surface area contributed by atoms with Crippen LogP contribution in [0.5, 0.6) is 5.75 Å². The van der Waals surface area contributed by atoms with Crippen LogP contribution in [0, 0.1) is 0 Å². The molecule has 0 atom stereocenters. The van der Waals surface area contributed by atoms with Crippen molar-refractivity contribution in [1.29, 1.82) is 0 Å². The number of alkyl halides is 3. The molecule has 6 nitrogen and oxygen atoms in total. The second-order valence-corrected chi connectivity index (χ2v) is 7.18. The molecule has 0 saturated carbocycles. The van der Waals surface area contributed by atoms with Gasteiger partial charge in [-0.1, -0.05) is 30.3 Å². The minimum absolute atomic E-state index is 0. The van der Waals surface area contributed by atoms with Crippen LogP contribution in [0.2, 0.25) is 0 Å². The number of anilines is 3. The second kappa shape index (κ2) is 9.16. The van der Waals surface area contributed by atoms with E-state index in [-0.39, 0.29) is 85.8 Å². The number of nitrogens with one attached hydrogen (secondary N) is 1. The Labute approximate surface area is 206 Å². The van der Waals surface area contributed by atoms with Crippen LogP contribution in [0.15, 0.2) is 59.5 Å². The van der Waals surface area contributed by atoms with Crippen LogP contribution in [0.25, 0.3) is 0 Å². The van der Waals surface area contributed by atoms with E-state index in [1.165, 1.54) is 30.3 Å². The van der Waals surface area contributed by atoms with Gasteiger partial charge in [0.1, 0.15) is 5.75 Å². The molecule has 1 aliphatic carbocycles. The van der Waals surface area contributed by atoms with Gasteiger partial charge in [0.25, 0.3) is 0 Å². The van der Waals surface area contributed by atoms with E-state index >= 15 is 0 Å². The van der Waals surface area contributed by atoms with Crippen LogP contribution >= 0.6 is 12.0 Å². The van der Waals surface area contributed by atoms with Gasteiger partial charge >= 0.3 is 35.9 Å². The SMILES string of the molecule is Nc1c(S[O-])cc(Nc2cccc(OC(F)(F)F)c2)c2c1C(=O)c1ccccc1C2=O.[Na+]. The van der Waals surface area contributed by atoms with Crippen molar-refractivity contribution in [2.75, 3.05) is 11.1 Å². The van der Waals surface area contributed by atoms with Gasteiger partial charge in [0, 0.05) is 27.8 Å². The number of fused-ring (bicyclic) bond motifs is 2. The molecule has 0 fully saturated rings. The van der Waals surface area contributed by atoms with E-state index in [0.29, 0.717) is 0 Å². The predicted octanol–water partition coefficient (Wildman–Crippen LogP) is 1.91. The molecule has 0 saturated heterocycles. The topological polar surface area (TPSA) is 104 Å². The average molecular weight is 468 g/mol. The Morgan fingerprint density at radius 1 is 0.938 bits per heavy atom. The van der Waals surface area contributed by atoms with Crippen molar-refractivity contribution in [3.63, 3.8) is 0 Å². The summed E-state index contributed by atoms with van der Waals surface area (Å²) < 4.78 is 53.0. The normalized spacial score (nSPS) is 12.5. The van der Waals surface area contributed by atoms with Crippen LogP contribution in [-0.2, 0) is 0 Å². The van der Waals surface area contributed by atoms with Gasteiger partial charge < -0.3 is 20.3 Å². The molecule has 3 aromatic carbocycles. The molecule has 3 N–H and O–H groups in total. The minimum atomic E-state index is -4.88. The number of carbonyl (C=O) groups excluding carboxylic acids is 2. The number of rotatable bonds is 4. The van der Waals surface area contributed by atoms with Crippen LogP contribution in [0.4, 0.5) is 30.2 Å². The average Bonchev–Trinajstić information content (AvgIpc) is 2.72. The third-order valence-corrected chi connectivity index (χ3v) is 5.15. The molecular formula is C21H12F3N2NaO4S. The van der Waals surface area contributed by atoms with Crippen molar-refractivity contribution in [3.05, 3.63) is 76.9 Å². The number of hydrogen-bond donors (Lipinski definition) is 2. The largest absolute Gasteiger partial charge is 1.00 e. The number of nitrogens with two attached hydrogens (primary N) is 1. The summed E-state index contributed by atoms with van der Waals surface area (Å²) in [5, 5.41) is 2.81. The fourth-order valence-corrected chi connectivity index (χ4v) is 3.75. The Balaban J connectivity index is 0.00000289. The van der Waals surface area contributed by atoms with E-state index in [4.69, 9.17) is 5.73 Å². The number of benzene rings is 3. The summed E-state index contributed by atoms with van der Waals surface area (Å²) in [6.07, 6.45) is -4.88.